The Labute approximate surface area is 139 Å². The monoisotopic (exact) mass is 343 g/mol. The van der Waals surface area contributed by atoms with Gasteiger partial charge in [-0.05, 0) is 13.8 Å². The molecule has 9 heteroatoms. The van der Waals surface area contributed by atoms with Gasteiger partial charge in [0.05, 0.1) is 18.6 Å². The number of nitrogens with one attached hydrogen (secondary N) is 1. The van der Waals surface area contributed by atoms with Crippen LogP contribution in [0.1, 0.15) is 20.3 Å². The summed E-state index contributed by atoms with van der Waals surface area (Å²) < 4.78 is 19.4. The van der Waals surface area contributed by atoms with Crippen LogP contribution >= 0.6 is 0 Å². The average Bonchev–Trinajstić information content (AvgIpc) is 2.94. The standard InChI is InChI=1S/C15H21NO8/c1-4-11(17)21-8-6-16-14(20)23-9-15(2,3)13(19)24-10-5-7-22-12(10)18/h4,10H,1,5-9H2,2-3H3,(H,16,20). The molecule has 1 heterocycles. The molecule has 1 amide bonds. The van der Waals surface area contributed by atoms with Gasteiger partial charge < -0.3 is 24.3 Å². The molecule has 1 atom stereocenters. The predicted octanol–water partition coefficient (Wildman–Crippen LogP) is 0.327. The van der Waals surface area contributed by atoms with E-state index in [1.165, 1.54) is 13.8 Å². The molecule has 1 unspecified atom stereocenters. The Morgan fingerprint density at radius 3 is 2.67 bits per heavy atom. The largest absolute Gasteiger partial charge is 0.463 e. The lowest BCUT2D eigenvalue weighted by atomic mass is 9.95. The topological polar surface area (TPSA) is 117 Å². The fourth-order valence-corrected chi connectivity index (χ4v) is 1.59. The lowest BCUT2D eigenvalue weighted by Gasteiger charge is -2.23. The molecule has 9 nitrogen and oxygen atoms in total. The second-order valence-electron chi connectivity index (χ2n) is 5.61. The smallest absolute Gasteiger partial charge is 0.407 e. The van der Waals surface area contributed by atoms with Crippen molar-refractivity contribution in [1.82, 2.24) is 5.32 Å². The summed E-state index contributed by atoms with van der Waals surface area (Å²) in [4.78, 5) is 45.6. The Bertz CT molecular complexity index is 514. The van der Waals surface area contributed by atoms with Crippen LogP contribution in [-0.4, -0.2) is 56.5 Å². The first-order valence-electron chi connectivity index (χ1n) is 7.34. The number of rotatable bonds is 8. The molecule has 0 aromatic rings. The third kappa shape index (κ3) is 6.27. The van der Waals surface area contributed by atoms with Gasteiger partial charge in [-0.1, -0.05) is 6.58 Å². The van der Waals surface area contributed by atoms with Crippen LogP contribution in [0.5, 0.6) is 0 Å². The minimum atomic E-state index is -1.13. The zero-order valence-corrected chi connectivity index (χ0v) is 13.7. The van der Waals surface area contributed by atoms with E-state index in [1.54, 1.807) is 0 Å². The van der Waals surface area contributed by atoms with Crippen LogP contribution in [0.15, 0.2) is 12.7 Å². The highest BCUT2D eigenvalue weighted by molar-refractivity contribution is 5.83. The molecular formula is C15H21NO8. The SMILES string of the molecule is C=CC(=O)OCCNC(=O)OCC(C)(C)C(=O)OC1CCOC1=O. The second-order valence-corrected chi connectivity index (χ2v) is 5.61. The van der Waals surface area contributed by atoms with Gasteiger partial charge in [-0.3, -0.25) is 4.79 Å². The average molecular weight is 343 g/mol. The third-order valence-electron chi connectivity index (χ3n) is 3.04. The van der Waals surface area contributed by atoms with Crippen LogP contribution in [-0.2, 0) is 33.3 Å². The van der Waals surface area contributed by atoms with E-state index in [-0.39, 0.29) is 26.4 Å². The van der Waals surface area contributed by atoms with E-state index in [9.17, 15) is 19.2 Å². The molecule has 0 saturated carbocycles. The first kappa shape index (κ1) is 19.5. The van der Waals surface area contributed by atoms with E-state index in [0.717, 1.165) is 6.08 Å². The van der Waals surface area contributed by atoms with Crippen LogP contribution in [0.3, 0.4) is 0 Å². The van der Waals surface area contributed by atoms with Gasteiger partial charge >= 0.3 is 24.0 Å². The highest BCUT2D eigenvalue weighted by Gasteiger charge is 2.37. The highest BCUT2D eigenvalue weighted by atomic mass is 16.6. The van der Waals surface area contributed by atoms with E-state index in [0.29, 0.717) is 6.42 Å². The van der Waals surface area contributed by atoms with Crippen LogP contribution < -0.4 is 5.32 Å². The predicted molar refractivity (Wildman–Crippen MR) is 79.7 cm³/mol. The summed E-state index contributed by atoms with van der Waals surface area (Å²) in [7, 11) is 0. The lowest BCUT2D eigenvalue weighted by molar-refractivity contribution is -0.168. The lowest BCUT2D eigenvalue weighted by Crippen LogP contribution is -2.38. The molecule has 0 aliphatic carbocycles. The number of carbonyl (C=O) groups excluding carboxylic acids is 4. The van der Waals surface area contributed by atoms with Crippen LogP contribution in [0.25, 0.3) is 0 Å². The number of ether oxygens (including phenoxy) is 4. The zero-order chi connectivity index (χ0) is 18.2. The zero-order valence-electron chi connectivity index (χ0n) is 13.7. The molecule has 1 rings (SSSR count). The second kappa shape index (κ2) is 8.90. The first-order chi connectivity index (χ1) is 11.3. The van der Waals surface area contributed by atoms with Crippen molar-refractivity contribution in [3.63, 3.8) is 0 Å². The van der Waals surface area contributed by atoms with Gasteiger partial charge in [-0.2, -0.15) is 0 Å². The quantitative estimate of drug-likeness (QED) is 0.290. The van der Waals surface area contributed by atoms with Crippen LogP contribution in [0, 0.1) is 5.41 Å². The maximum Gasteiger partial charge on any atom is 0.407 e. The number of amides is 1. The minimum Gasteiger partial charge on any atom is -0.463 e. The maximum absolute atomic E-state index is 12.0. The van der Waals surface area contributed by atoms with Crippen molar-refractivity contribution < 1.29 is 38.1 Å². The first-order valence-corrected chi connectivity index (χ1v) is 7.34. The molecule has 0 bridgehead atoms. The minimum absolute atomic E-state index is 0.0326. The number of esters is 3. The summed E-state index contributed by atoms with van der Waals surface area (Å²) in [5.41, 5.74) is -1.13. The fourth-order valence-electron chi connectivity index (χ4n) is 1.59. The number of carbonyl (C=O) groups is 4. The summed E-state index contributed by atoms with van der Waals surface area (Å²) in [6, 6.07) is 0. The summed E-state index contributed by atoms with van der Waals surface area (Å²) in [6.45, 7) is 6.27. The number of hydrogen-bond donors (Lipinski definition) is 1. The van der Waals surface area contributed by atoms with Gasteiger partial charge in [-0.15, -0.1) is 0 Å². The normalized spacial score (nSPS) is 16.8. The Morgan fingerprint density at radius 2 is 2.08 bits per heavy atom. The van der Waals surface area contributed by atoms with E-state index >= 15 is 0 Å². The van der Waals surface area contributed by atoms with Crippen molar-refractivity contribution in [3.8, 4) is 0 Å². The molecule has 1 fully saturated rings. The van der Waals surface area contributed by atoms with Crippen LogP contribution in [0.2, 0.25) is 0 Å². The van der Waals surface area contributed by atoms with Gasteiger partial charge in [0.2, 0.25) is 6.10 Å². The van der Waals surface area contributed by atoms with Gasteiger partial charge in [0.1, 0.15) is 13.2 Å². The highest BCUT2D eigenvalue weighted by Crippen LogP contribution is 2.21. The number of cyclic esters (lactones) is 1. The molecule has 0 aromatic heterocycles. The summed E-state index contributed by atoms with van der Waals surface area (Å²) in [5.74, 6) is -1.84. The Kier molecular flexibility index (Phi) is 7.22. The van der Waals surface area contributed by atoms with Crippen molar-refractivity contribution in [2.75, 3.05) is 26.4 Å². The Balaban J connectivity index is 2.28. The molecule has 134 valence electrons. The van der Waals surface area contributed by atoms with Gasteiger partial charge in [0.15, 0.2) is 0 Å². The summed E-state index contributed by atoms with van der Waals surface area (Å²) in [5, 5.41) is 2.35. The molecule has 1 aliphatic heterocycles. The van der Waals surface area contributed by atoms with Crippen molar-refractivity contribution >= 4 is 24.0 Å². The Morgan fingerprint density at radius 1 is 1.38 bits per heavy atom. The Hall–Kier alpha value is -2.58. The molecule has 0 radical (unpaired) electrons. The van der Waals surface area contributed by atoms with Crippen molar-refractivity contribution in [2.24, 2.45) is 5.41 Å². The van der Waals surface area contributed by atoms with E-state index < -0.39 is 35.5 Å². The molecular weight excluding hydrogens is 322 g/mol. The summed E-state index contributed by atoms with van der Waals surface area (Å²) in [6.07, 6.45) is -0.367. The van der Waals surface area contributed by atoms with Gasteiger partial charge in [0, 0.05) is 12.5 Å². The molecule has 1 N–H and O–H groups in total. The van der Waals surface area contributed by atoms with E-state index in [1.807, 2.05) is 0 Å². The molecule has 0 spiro atoms. The number of hydrogen-bond acceptors (Lipinski definition) is 8. The fraction of sp³-hybridized carbons (Fsp3) is 0.600. The van der Waals surface area contributed by atoms with E-state index in [4.69, 9.17) is 14.2 Å². The molecule has 0 aromatic carbocycles. The number of alkyl carbamates (subject to hydrolysis) is 1. The van der Waals surface area contributed by atoms with Crippen molar-refractivity contribution in [3.05, 3.63) is 12.7 Å². The van der Waals surface area contributed by atoms with Crippen LogP contribution in [0.4, 0.5) is 4.79 Å². The molecule has 24 heavy (non-hydrogen) atoms. The third-order valence-corrected chi connectivity index (χ3v) is 3.04. The summed E-state index contributed by atoms with van der Waals surface area (Å²) >= 11 is 0. The molecule has 1 saturated heterocycles. The van der Waals surface area contributed by atoms with Crippen molar-refractivity contribution in [1.29, 1.82) is 0 Å². The maximum atomic E-state index is 12.0. The van der Waals surface area contributed by atoms with Gasteiger partial charge in [0.25, 0.3) is 0 Å². The van der Waals surface area contributed by atoms with Crippen molar-refractivity contribution in [2.45, 2.75) is 26.4 Å². The van der Waals surface area contributed by atoms with Gasteiger partial charge in [-0.25, -0.2) is 14.4 Å². The van der Waals surface area contributed by atoms with E-state index in [2.05, 4.69) is 16.6 Å². The molecule has 1 aliphatic rings.